The quantitative estimate of drug-likeness (QED) is 0.781. The van der Waals surface area contributed by atoms with Gasteiger partial charge in [0.2, 0.25) is 17.7 Å². The Labute approximate surface area is 130 Å². The van der Waals surface area contributed by atoms with Gasteiger partial charge in [0, 0.05) is 31.8 Å². The second-order valence-electron chi connectivity index (χ2n) is 6.15. The van der Waals surface area contributed by atoms with Crippen molar-refractivity contribution in [3.05, 3.63) is 11.7 Å². The molecule has 2 rings (SSSR count). The molecular formula is C15H24N4O3. The van der Waals surface area contributed by atoms with E-state index in [1.807, 2.05) is 13.8 Å². The van der Waals surface area contributed by atoms with Gasteiger partial charge in [0.25, 0.3) is 0 Å². The zero-order valence-electron chi connectivity index (χ0n) is 13.5. The summed E-state index contributed by atoms with van der Waals surface area (Å²) in [6, 6.07) is 0.323. The maximum atomic E-state index is 12.0. The average Bonchev–Trinajstić information content (AvgIpc) is 3.13. The molecule has 1 fully saturated rings. The molecule has 7 nitrogen and oxygen atoms in total. The molecule has 0 aliphatic heterocycles. The first-order valence-corrected chi connectivity index (χ1v) is 7.81. The van der Waals surface area contributed by atoms with E-state index in [0.29, 0.717) is 37.0 Å². The van der Waals surface area contributed by atoms with E-state index >= 15 is 0 Å². The minimum absolute atomic E-state index is 0.0467. The number of hydrogen-bond acceptors (Lipinski definition) is 5. The number of amides is 2. The van der Waals surface area contributed by atoms with Crippen LogP contribution in [-0.2, 0) is 16.0 Å². The Morgan fingerprint density at radius 1 is 1.41 bits per heavy atom. The SMILES string of the molecule is CC(C)c1noc(CCCC(=O)N(C)CC(=O)NC2CC2)n1. The van der Waals surface area contributed by atoms with Crippen LogP contribution in [0.25, 0.3) is 0 Å². The Balaban J connectivity index is 1.66. The normalized spacial score (nSPS) is 14.2. The van der Waals surface area contributed by atoms with Gasteiger partial charge < -0.3 is 14.7 Å². The first-order valence-electron chi connectivity index (χ1n) is 7.81. The number of hydrogen-bond donors (Lipinski definition) is 1. The van der Waals surface area contributed by atoms with Crippen LogP contribution < -0.4 is 5.32 Å². The van der Waals surface area contributed by atoms with Crippen LogP contribution in [-0.4, -0.2) is 46.5 Å². The van der Waals surface area contributed by atoms with E-state index in [0.717, 1.165) is 12.8 Å². The molecule has 122 valence electrons. The van der Waals surface area contributed by atoms with E-state index in [9.17, 15) is 9.59 Å². The smallest absolute Gasteiger partial charge is 0.239 e. The van der Waals surface area contributed by atoms with E-state index in [1.165, 1.54) is 4.90 Å². The highest BCUT2D eigenvalue weighted by Gasteiger charge is 2.24. The van der Waals surface area contributed by atoms with Crippen molar-refractivity contribution in [2.24, 2.45) is 0 Å². The summed E-state index contributed by atoms with van der Waals surface area (Å²) in [5.74, 6) is 1.35. The summed E-state index contributed by atoms with van der Waals surface area (Å²) >= 11 is 0. The van der Waals surface area contributed by atoms with Gasteiger partial charge >= 0.3 is 0 Å². The molecule has 2 amide bonds. The topological polar surface area (TPSA) is 88.3 Å². The van der Waals surface area contributed by atoms with Crippen LogP contribution >= 0.6 is 0 Å². The molecule has 7 heteroatoms. The van der Waals surface area contributed by atoms with Gasteiger partial charge in [-0.15, -0.1) is 0 Å². The van der Waals surface area contributed by atoms with Gasteiger partial charge in [-0.3, -0.25) is 9.59 Å². The lowest BCUT2D eigenvalue weighted by Gasteiger charge is -2.16. The minimum atomic E-state index is -0.0863. The van der Waals surface area contributed by atoms with Gasteiger partial charge in [-0.25, -0.2) is 0 Å². The fourth-order valence-electron chi connectivity index (χ4n) is 1.99. The molecule has 1 aromatic heterocycles. The van der Waals surface area contributed by atoms with Gasteiger partial charge in [0.05, 0.1) is 6.54 Å². The van der Waals surface area contributed by atoms with Crippen LogP contribution in [0.1, 0.15) is 57.2 Å². The number of rotatable bonds is 8. The van der Waals surface area contributed by atoms with Crippen LogP contribution in [0.4, 0.5) is 0 Å². The number of aromatic nitrogens is 2. The molecule has 0 spiro atoms. The maximum absolute atomic E-state index is 12.0. The van der Waals surface area contributed by atoms with E-state index in [-0.39, 0.29) is 24.3 Å². The molecule has 1 aliphatic carbocycles. The largest absolute Gasteiger partial charge is 0.352 e. The Morgan fingerprint density at radius 3 is 2.73 bits per heavy atom. The average molecular weight is 308 g/mol. The Hall–Kier alpha value is -1.92. The summed E-state index contributed by atoms with van der Waals surface area (Å²) in [5.41, 5.74) is 0. The molecule has 1 aliphatic rings. The maximum Gasteiger partial charge on any atom is 0.239 e. The van der Waals surface area contributed by atoms with Crippen molar-refractivity contribution in [1.82, 2.24) is 20.4 Å². The molecule has 22 heavy (non-hydrogen) atoms. The number of nitrogens with one attached hydrogen (secondary N) is 1. The predicted molar refractivity (Wildman–Crippen MR) is 80.1 cm³/mol. The first-order chi connectivity index (χ1) is 10.5. The molecule has 1 N–H and O–H groups in total. The number of aryl methyl sites for hydroxylation is 1. The molecule has 0 bridgehead atoms. The predicted octanol–water partition coefficient (Wildman–Crippen LogP) is 1.25. The van der Waals surface area contributed by atoms with Gasteiger partial charge in [-0.2, -0.15) is 4.98 Å². The van der Waals surface area contributed by atoms with Crippen molar-refractivity contribution in [2.45, 2.75) is 57.9 Å². The number of carbonyl (C=O) groups is 2. The highest BCUT2D eigenvalue weighted by atomic mass is 16.5. The molecular weight excluding hydrogens is 284 g/mol. The molecule has 0 aromatic carbocycles. The van der Waals surface area contributed by atoms with Crippen LogP contribution in [0.15, 0.2) is 4.52 Å². The molecule has 0 saturated heterocycles. The van der Waals surface area contributed by atoms with Gasteiger partial charge in [0.1, 0.15) is 0 Å². The van der Waals surface area contributed by atoms with Crippen LogP contribution in [0, 0.1) is 0 Å². The lowest BCUT2D eigenvalue weighted by molar-refractivity contribution is -0.134. The monoisotopic (exact) mass is 308 g/mol. The van der Waals surface area contributed by atoms with Gasteiger partial charge in [0.15, 0.2) is 5.82 Å². The number of likely N-dealkylation sites (N-methyl/N-ethyl adjacent to an activating group) is 1. The Kier molecular flexibility index (Phi) is 5.51. The molecule has 0 atom stereocenters. The summed E-state index contributed by atoms with van der Waals surface area (Å²) < 4.78 is 5.13. The number of nitrogens with zero attached hydrogens (tertiary/aromatic N) is 3. The van der Waals surface area contributed by atoms with Crippen molar-refractivity contribution in [2.75, 3.05) is 13.6 Å². The van der Waals surface area contributed by atoms with Crippen LogP contribution in [0.2, 0.25) is 0 Å². The van der Waals surface area contributed by atoms with Gasteiger partial charge in [-0.1, -0.05) is 19.0 Å². The standard InChI is InChI=1S/C15H24N4O3/c1-10(2)15-17-13(22-18-15)5-4-6-14(21)19(3)9-12(20)16-11-7-8-11/h10-11H,4-9H2,1-3H3,(H,16,20). The third kappa shape index (κ3) is 5.13. The van der Waals surface area contributed by atoms with Crippen molar-refractivity contribution >= 4 is 11.8 Å². The van der Waals surface area contributed by atoms with Crippen molar-refractivity contribution in [1.29, 1.82) is 0 Å². The Morgan fingerprint density at radius 2 is 2.14 bits per heavy atom. The zero-order chi connectivity index (χ0) is 16.1. The highest BCUT2D eigenvalue weighted by molar-refractivity contribution is 5.84. The molecule has 1 aromatic rings. The molecule has 1 saturated carbocycles. The van der Waals surface area contributed by atoms with Gasteiger partial charge in [-0.05, 0) is 19.3 Å². The van der Waals surface area contributed by atoms with E-state index < -0.39 is 0 Å². The summed E-state index contributed by atoms with van der Waals surface area (Å²) in [6.45, 7) is 4.12. The minimum Gasteiger partial charge on any atom is -0.352 e. The third-order valence-electron chi connectivity index (χ3n) is 3.53. The summed E-state index contributed by atoms with van der Waals surface area (Å²) in [5, 5.41) is 6.76. The lowest BCUT2D eigenvalue weighted by atomic mass is 10.2. The summed E-state index contributed by atoms with van der Waals surface area (Å²) in [4.78, 5) is 29.3. The fourth-order valence-corrected chi connectivity index (χ4v) is 1.99. The van der Waals surface area contributed by atoms with Crippen molar-refractivity contribution < 1.29 is 14.1 Å². The second kappa shape index (κ2) is 7.38. The summed E-state index contributed by atoms with van der Waals surface area (Å²) in [7, 11) is 1.65. The molecule has 0 radical (unpaired) electrons. The fraction of sp³-hybridized carbons (Fsp3) is 0.733. The van der Waals surface area contributed by atoms with E-state index in [4.69, 9.17) is 4.52 Å². The van der Waals surface area contributed by atoms with E-state index in [2.05, 4.69) is 15.5 Å². The van der Waals surface area contributed by atoms with Crippen LogP contribution in [0.5, 0.6) is 0 Å². The Bertz CT molecular complexity index is 523. The third-order valence-corrected chi connectivity index (χ3v) is 3.53. The van der Waals surface area contributed by atoms with Crippen LogP contribution in [0.3, 0.4) is 0 Å². The van der Waals surface area contributed by atoms with Crippen molar-refractivity contribution in [3.63, 3.8) is 0 Å². The molecule has 0 unspecified atom stereocenters. The highest BCUT2D eigenvalue weighted by Crippen LogP contribution is 2.18. The summed E-state index contributed by atoms with van der Waals surface area (Å²) in [6.07, 6.45) is 3.67. The van der Waals surface area contributed by atoms with Crippen molar-refractivity contribution in [3.8, 4) is 0 Å². The second-order valence-corrected chi connectivity index (χ2v) is 6.15. The van der Waals surface area contributed by atoms with E-state index in [1.54, 1.807) is 7.05 Å². The number of carbonyl (C=O) groups excluding carboxylic acids is 2. The lowest BCUT2D eigenvalue weighted by Crippen LogP contribution is -2.39. The zero-order valence-corrected chi connectivity index (χ0v) is 13.5. The first kappa shape index (κ1) is 16.5. The molecule has 1 heterocycles.